The number of carbonyl (C=O) groups is 1. The van der Waals surface area contributed by atoms with E-state index >= 15 is 0 Å². The molecule has 0 aliphatic carbocycles. The van der Waals surface area contributed by atoms with E-state index in [-0.39, 0.29) is 12.5 Å². The average molecular weight is 305 g/mol. The van der Waals surface area contributed by atoms with Crippen LogP contribution in [0.25, 0.3) is 0 Å². The standard InChI is InChI=1S/C17H23NO2S/c1-12-7-6-9-18(14(12)3)17(20)16-11-13(2)15(21-16)8-4-5-10-19/h11-12,14,19H,5-7,9-10H2,1-3H3. The second-order valence-electron chi connectivity index (χ2n) is 5.76. The van der Waals surface area contributed by atoms with Gasteiger partial charge in [0, 0.05) is 19.0 Å². The molecule has 1 amide bonds. The Morgan fingerprint density at radius 3 is 3.00 bits per heavy atom. The molecule has 0 spiro atoms. The lowest BCUT2D eigenvalue weighted by Crippen LogP contribution is -2.45. The van der Waals surface area contributed by atoms with E-state index in [1.807, 2.05) is 17.9 Å². The van der Waals surface area contributed by atoms with Gasteiger partial charge in [-0.2, -0.15) is 0 Å². The van der Waals surface area contributed by atoms with Crippen molar-refractivity contribution in [3.05, 3.63) is 21.4 Å². The predicted molar refractivity (Wildman–Crippen MR) is 86.5 cm³/mol. The van der Waals surface area contributed by atoms with Gasteiger partial charge in [0.25, 0.3) is 5.91 Å². The highest BCUT2D eigenvalue weighted by Gasteiger charge is 2.29. The first-order valence-electron chi connectivity index (χ1n) is 7.55. The number of likely N-dealkylation sites (tertiary alicyclic amines) is 1. The predicted octanol–water partition coefficient (Wildman–Crippen LogP) is 3.05. The molecule has 4 heteroatoms. The third-order valence-corrected chi connectivity index (χ3v) is 5.34. The highest BCUT2D eigenvalue weighted by Crippen LogP contribution is 2.28. The SMILES string of the molecule is Cc1cc(C(=O)N2CCCC(C)C2C)sc1C#CCCO. The zero-order valence-corrected chi connectivity index (χ0v) is 13.8. The molecule has 114 valence electrons. The van der Waals surface area contributed by atoms with Gasteiger partial charge in [0.1, 0.15) is 0 Å². The van der Waals surface area contributed by atoms with Crippen molar-refractivity contribution in [1.29, 1.82) is 0 Å². The van der Waals surface area contributed by atoms with Gasteiger partial charge in [0.05, 0.1) is 16.4 Å². The Labute approximate surface area is 131 Å². The van der Waals surface area contributed by atoms with Gasteiger partial charge in [0.15, 0.2) is 0 Å². The Bertz CT molecular complexity index is 567. The van der Waals surface area contributed by atoms with Crippen molar-refractivity contribution in [3.63, 3.8) is 0 Å². The lowest BCUT2D eigenvalue weighted by molar-refractivity contribution is 0.0556. The molecule has 0 aromatic carbocycles. The smallest absolute Gasteiger partial charge is 0.264 e. The molecule has 0 bridgehead atoms. The second kappa shape index (κ2) is 7.11. The summed E-state index contributed by atoms with van der Waals surface area (Å²) >= 11 is 1.47. The number of aliphatic hydroxyl groups is 1. The van der Waals surface area contributed by atoms with Crippen molar-refractivity contribution in [3.8, 4) is 11.8 Å². The molecule has 1 aromatic rings. The minimum absolute atomic E-state index is 0.0758. The first-order valence-corrected chi connectivity index (χ1v) is 8.37. The molecular weight excluding hydrogens is 282 g/mol. The Morgan fingerprint density at radius 2 is 2.29 bits per heavy atom. The van der Waals surface area contributed by atoms with E-state index in [0.717, 1.165) is 28.3 Å². The van der Waals surface area contributed by atoms with Crippen LogP contribution >= 0.6 is 11.3 Å². The summed E-state index contributed by atoms with van der Waals surface area (Å²) in [6.07, 6.45) is 2.76. The molecule has 0 saturated carbocycles. The maximum atomic E-state index is 12.7. The number of hydrogen-bond donors (Lipinski definition) is 1. The minimum Gasteiger partial charge on any atom is -0.395 e. The van der Waals surface area contributed by atoms with Gasteiger partial charge in [-0.05, 0) is 44.2 Å². The molecule has 3 nitrogen and oxygen atoms in total. The normalized spacial score (nSPS) is 21.8. The highest BCUT2D eigenvalue weighted by molar-refractivity contribution is 7.14. The number of thiophene rings is 1. The molecule has 1 fully saturated rings. The van der Waals surface area contributed by atoms with Crippen LogP contribution in [0.3, 0.4) is 0 Å². The topological polar surface area (TPSA) is 40.5 Å². The summed E-state index contributed by atoms with van der Waals surface area (Å²) in [5, 5.41) is 8.77. The minimum atomic E-state index is 0.0758. The number of carbonyl (C=O) groups excluding carboxylic acids is 1. The second-order valence-corrected chi connectivity index (χ2v) is 6.81. The van der Waals surface area contributed by atoms with Crippen LogP contribution in [0.15, 0.2) is 6.07 Å². The van der Waals surface area contributed by atoms with E-state index in [2.05, 4.69) is 25.7 Å². The number of aryl methyl sites for hydroxylation is 1. The quantitative estimate of drug-likeness (QED) is 0.853. The molecule has 2 unspecified atom stereocenters. The molecule has 2 rings (SSSR count). The van der Waals surface area contributed by atoms with Crippen LogP contribution in [-0.2, 0) is 0 Å². The van der Waals surface area contributed by atoms with Gasteiger partial charge in [-0.3, -0.25) is 4.79 Å². The molecule has 2 heterocycles. The van der Waals surface area contributed by atoms with Crippen molar-refractivity contribution in [2.45, 2.75) is 46.1 Å². The number of hydrogen-bond acceptors (Lipinski definition) is 3. The fourth-order valence-electron chi connectivity index (χ4n) is 2.67. The lowest BCUT2D eigenvalue weighted by atomic mass is 9.92. The summed E-state index contributed by atoms with van der Waals surface area (Å²) in [7, 11) is 0. The maximum absolute atomic E-state index is 12.7. The Hall–Kier alpha value is -1.31. The van der Waals surface area contributed by atoms with E-state index in [1.54, 1.807) is 0 Å². The van der Waals surface area contributed by atoms with Gasteiger partial charge in [-0.15, -0.1) is 11.3 Å². The van der Waals surface area contributed by atoms with Crippen LogP contribution in [0.5, 0.6) is 0 Å². The van der Waals surface area contributed by atoms with Gasteiger partial charge in [0.2, 0.25) is 0 Å². The molecule has 1 aromatic heterocycles. The van der Waals surface area contributed by atoms with Gasteiger partial charge in [-0.25, -0.2) is 0 Å². The van der Waals surface area contributed by atoms with Gasteiger partial charge >= 0.3 is 0 Å². The third-order valence-electron chi connectivity index (χ3n) is 4.20. The molecule has 2 atom stereocenters. The summed E-state index contributed by atoms with van der Waals surface area (Å²) < 4.78 is 0. The Balaban J connectivity index is 2.17. The summed E-state index contributed by atoms with van der Waals surface area (Å²) in [4.78, 5) is 16.4. The average Bonchev–Trinajstić information content (AvgIpc) is 2.83. The van der Waals surface area contributed by atoms with E-state index in [4.69, 9.17) is 5.11 Å². The molecule has 1 aliphatic heterocycles. The first kappa shape index (κ1) is 16.1. The lowest BCUT2D eigenvalue weighted by Gasteiger charge is -2.37. The van der Waals surface area contributed by atoms with Crippen LogP contribution < -0.4 is 0 Å². The van der Waals surface area contributed by atoms with E-state index in [1.165, 1.54) is 17.8 Å². The summed E-state index contributed by atoms with van der Waals surface area (Å²) in [6, 6.07) is 2.25. The number of aliphatic hydroxyl groups excluding tert-OH is 1. The molecule has 1 saturated heterocycles. The number of amides is 1. The first-order chi connectivity index (χ1) is 10.0. The van der Waals surface area contributed by atoms with Crippen molar-refractivity contribution in [1.82, 2.24) is 4.90 Å². The van der Waals surface area contributed by atoms with Crippen molar-refractivity contribution in [2.24, 2.45) is 5.92 Å². The number of nitrogens with zero attached hydrogens (tertiary/aromatic N) is 1. The van der Waals surface area contributed by atoms with Crippen molar-refractivity contribution in [2.75, 3.05) is 13.2 Å². The highest BCUT2D eigenvalue weighted by atomic mass is 32.1. The van der Waals surface area contributed by atoms with E-state index < -0.39 is 0 Å². The van der Waals surface area contributed by atoms with Gasteiger partial charge < -0.3 is 10.0 Å². The van der Waals surface area contributed by atoms with Crippen LogP contribution in [0.2, 0.25) is 0 Å². The summed E-state index contributed by atoms with van der Waals surface area (Å²) in [5.74, 6) is 6.67. The van der Waals surface area contributed by atoms with Crippen molar-refractivity contribution < 1.29 is 9.90 Å². The largest absolute Gasteiger partial charge is 0.395 e. The van der Waals surface area contributed by atoms with E-state index in [9.17, 15) is 4.79 Å². The zero-order valence-electron chi connectivity index (χ0n) is 13.0. The number of rotatable bonds is 2. The molecular formula is C17H23NO2S. The van der Waals surface area contributed by atoms with Crippen molar-refractivity contribution >= 4 is 17.2 Å². The number of piperidine rings is 1. The van der Waals surface area contributed by atoms with Crippen LogP contribution in [0, 0.1) is 24.7 Å². The molecule has 1 N–H and O–H groups in total. The van der Waals surface area contributed by atoms with Crippen LogP contribution in [-0.4, -0.2) is 35.1 Å². The third kappa shape index (κ3) is 3.66. The van der Waals surface area contributed by atoms with Gasteiger partial charge in [-0.1, -0.05) is 18.8 Å². The summed E-state index contributed by atoms with van der Waals surface area (Å²) in [6.45, 7) is 7.28. The monoisotopic (exact) mass is 305 g/mol. The van der Waals surface area contributed by atoms with E-state index in [0.29, 0.717) is 18.4 Å². The van der Waals surface area contributed by atoms with Crippen LogP contribution in [0.1, 0.15) is 53.2 Å². The Morgan fingerprint density at radius 1 is 1.52 bits per heavy atom. The Kier molecular flexibility index (Phi) is 5.44. The molecule has 1 aliphatic rings. The summed E-state index contributed by atoms with van der Waals surface area (Å²) in [5.41, 5.74) is 1.05. The maximum Gasteiger partial charge on any atom is 0.264 e. The molecule has 0 radical (unpaired) electrons. The molecule has 21 heavy (non-hydrogen) atoms. The zero-order chi connectivity index (χ0) is 15.4. The fraction of sp³-hybridized carbons (Fsp3) is 0.588. The van der Waals surface area contributed by atoms with Crippen LogP contribution in [0.4, 0.5) is 0 Å². The fourth-order valence-corrected chi connectivity index (χ4v) is 3.68.